The Morgan fingerprint density at radius 3 is 2.31 bits per heavy atom. The monoisotopic (exact) mass is 185 g/mol. The summed E-state index contributed by atoms with van der Waals surface area (Å²) >= 11 is 0. The van der Waals surface area contributed by atoms with Crippen molar-refractivity contribution in [2.24, 2.45) is 11.8 Å². The maximum Gasteiger partial charge on any atom is 0.0257 e. The topological polar surface area (TPSA) is 32.5 Å². The van der Waals surface area contributed by atoms with Crippen molar-refractivity contribution >= 4 is 0 Å². The maximum atomic E-state index is 5.68. The summed E-state index contributed by atoms with van der Waals surface area (Å²) in [6.45, 7) is 10.2. The summed E-state index contributed by atoms with van der Waals surface area (Å²) in [5.41, 5.74) is 0. The van der Waals surface area contributed by atoms with E-state index in [1.54, 1.807) is 0 Å². The molecule has 1 aliphatic rings. The molecule has 0 bridgehead atoms. The zero-order chi connectivity index (χ0) is 9.68. The molecule has 1 rings (SSSR count). The van der Waals surface area contributed by atoms with E-state index in [2.05, 4.69) is 18.7 Å². The Morgan fingerprint density at radius 2 is 1.77 bits per heavy atom. The fraction of sp³-hybridized carbons (Fsp3) is 1.00. The van der Waals surface area contributed by atoms with Crippen LogP contribution in [0.2, 0.25) is 0 Å². The lowest BCUT2D eigenvalue weighted by atomic mass is 10.1. The van der Waals surface area contributed by atoms with Gasteiger partial charge in [-0.25, -0.2) is 5.01 Å². The summed E-state index contributed by atoms with van der Waals surface area (Å²) in [7, 11) is 0. The molecule has 3 nitrogen and oxygen atoms in total. The SMILES string of the molecule is CC(C)CCCN1CCN(N)CC1. The minimum Gasteiger partial charge on any atom is -0.301 e. The Bertz CT molecular complexity index is 128. The second kappa shape index (κ2) is 5.58. The first kappa shape index (κ1) is 11.0. The van der Waals surface area contributed by atoms with Crippen molar-refractivity contribution in [1.29, 1.82) is 0 Å². The average Bonchev–Trinajstić information content (AvgIpc) is 2.08. The summed E-state index contributed by atoms with van der Waals surface area (Å²) in [6.07, 6.45) is 2.69. The lowest BCUT2D eigenvalue weighted by Crippen LogP contribution is -2.49. The van der Waals surface area contributed by atoms with Gasteiger partial charge < -0.3 is 4.90 Å². The van der Waals surface area contributed by atoms with E-state index in [0.29, 0.717) is 0 Å². The van der Waals surface area contributed by atoms with E-state index >= 15 is 0 Å². The summed E-state index contributed by atoms with van der Waals surface area (Å²) < 4.78 is 0. The van der Waals surface area contributed by atoms with E-state index in [1.165, 1.54) is 19.4 Å². The van der Waals surface area contributed by atoms with Crippen LogP contribution in [0, 0.1) is 5.92 Å². The molecular weight excluding hydrogens is 162 g/mol. The van der Waals surface area contributed by atoms with E-state index in [1.807, 2.05) is 5.01 Å². The minimum absolute atomic E-state index is 0.843. The van der Waals surface area contributed by atoms with Gasteiger partial charge in [0.15, 0.2) is 0 Å². The number of hydrogen-bond acceptors (Lipinski definition) is 3. The van der Waals surface area contributed by atoms with Crippen molar-refractivity contribution in [3.05, 3.63) is 0 Å². The van der Waals surface area contributed by atoms with Crippen molar-refractivity contribution in [3.63, 3.8) is 0 Å². The third-order valence-corrected chi connectivity index (χ3v) is 2.66. The molecule has 0 radical (unpaired) electrons. The quantitative estimate of drug-likeness (QED) is 0.661. The van der Waals surface area contributed by atoms with Gasteiger partial charge in [0.05, 0.1) is 0 Å². The molecule has 1 fully saturated rings. The van der Waals surface area contributed by atoms with E-state index in [9.17, 15) is 0 Å². The molecular formula is C10H23N3. The highest BCUT2D eigenvalue weighted by Gasteiger charge is 2.13. The molecule has 0 aromatic heterocycles. The summed E-state index contributed by atoms with van der Waals surface area (Å²) in [6, 6.07) is 0. The molecule has 0 amide bonds. The number of hydrogen-bond donors (Lipinski definition) is 1. The molecule has 0 aromatic carbocycles. The fourth-order valence-electron chi connectivity index (χ4n) is 1.71. The van der Waals surface area contributed by atoms with Gasteiger partial charge in [-0.3, -0.25) is 5.84 Å². The number of hydrazine groups is 1. The third kappa shape index (κ3) is 4.60. The first-order valence-electron chi connectivity index (χ1n) is 5.40. The molecule has 3 heteroatoms. The number of nitrogens with zero attached hydrogens (tertiary/aromatic N) is 2. The lowest BCUT2D eigenvalue weighted by Gasteiger charge is -2.31. The van der Waals surface area contributed by atoms with Crippen LogP contribution in [0.5, 0.6) is 0 Å². The van der Waals surface area contributed by atoms with Gasteiger partial charge >= 0.3 is 0 Å². The van der Waals surface area contributed by atoms with Gasteiger partial charge in [0, 0.05) is 26.2 Å². The molecule has 78 valence electrons. The van der Waals surface area contributed by atoms with Crippen molar-refractivity contribution in [2.75, 3.05) is 32.7 Å². The van der Waals surface area contributed by atoms with E-state index in [4.69, 9.17) is 5.84 Å². The van der Waals surface area contributed by atoms with Crippen LogP contribution in [0.4, 0.5) is 0 Å². The summed E-state index contributed by atoms with van der Waals surface area (Å²) in [4.78, 5) is 2.52. The van der Waals surface area contributed by atoms with E-state index in [0.717, 1.165) is 32.1 Å². The second-order valence-electron chi connectivity index (χ2n) is 4.41. The highest BCUT2D eigenvalue weighted by molar-refractivity contribution is 4.67. The van der Waals surface area contributed by atoms with Gasteiger partial charge in [0.2, 0.25) is 0 Å². The average molecular weight is 185 g/mol. The molecule has 0 saturated carbocycles. The molecule has 1 heterocycles. The van der Waals surface area contributed by atoms with Crippen LogP contribution in [0.3, 0.4) is 0 Å². The second-order valence-corrected chi connectivity index (χ2v) is 4.41. The smallest absolute Gasteiger partial charge is 0.0257 e. The molecule has 0 aliphatic carbocycles. The van der Waals surface area contributed by atoms with Crippen molar-refractivity contribution in [2.45, 2.75) is 26.7 Å². The Morgan fingerprint density at radius 1 is 1.15 bits per heavy atom. The Labute approximate surface area is 81.8 Å². The summed E-state index contributed by atoms with van der Waals surface area (Å²) in [5, 5.41) is 1.92. The highest BCUT2D eigenvalue weighted by Crippen LogP contribution is 2.06. The van der Waals surface area contributed by atoms with E-state index in [-0.39, 0.29) is 0 Å². The first-order chi connectivity index (χ1) is 6.18. The fourth-order valence-corrected chi connectivity index (χ4v) is 1.71. The molecule has 0 atom stereocenters. The van der Waals surface area contributed by atoms with Gasteiger partial charge in [-0.1, -0.05) is 13.8 Å². The van der Waals surface area contributed by atoms with Crippen LogP contribution in [0.1, 0.15) is 26.7 Å². The van der Waals surface area contributed by atoms with Crippen LogP contribution in [-0.4, -0.2) is 42.6 Å². The van der Waals surface area contributed by atoms with Crippen LogP contribution in [0.25, 0.3) is 0 Å². The van der Waals surface area contributed by atoms with Crippen molar-refractivity contribution in [1.82, 2.24) is 9.91 Å². The molecule has 1 aliphatic heterocycles. The predicted octanol–water partition coefficient (Wildman–Crippen LogP) is 0.914. The van der Waals surface area contributed by atoms with Gasteiger partial charge in [0.1, 0.15) is 0 Å². The number of nitrogens with two attached hydrogens (primary N) is 1. The van der Waals surface area contributed by atoms with Gasteiger partial charge in [-0.2, -0.15) is 0 Å². The Balaban J connectivity index is 2.02. The largest absolute Gasteiger partial charge is 0.301 e. The predicted molar refractivity (Wildman–Crippen MR) is 56.3 cm³/mol. The van der Waals surface area contributed by atoms with Crippen LogP contribution < -0.4 is 5.84 Å². The molecule has 1 saturated heterocycles. The standard InChI is InChI=1S/C10H23N3/c1-10(2)4-3-5-12-6-8-13(11)9-7-12/h10H,3-9,11H2,1-2H3. The molecule has 0 aromatic rings. The van der Waals surface area contributed by atoms with Crippen LogP contribution in [0.15, 0.2) is 0 Å². The first-order valence-corrected chi connectivity index (χ1v) is 5.40. The third-order valence-electron chi connectivity index (χ3n) is 2.66. The lowest BCUT2D eigenvalue weighted by molar-refractivity contribution is 0.131. The Kier molecular flexibility index (Phi) is 4.70. The normalized spacial score (nSPS) is 21.2. The highest BCUT2D eigenvalue weighted by atomic mass is 15.4. The van der Waals surface area contributed by atoms with Gasteiger partial charge in [-0.05, 0) is 25.3 Å². The van der Waals surface area contributed by atoms with Crippen molar-refractivity contribution in [3.8, 4) is 0 Å². The number of piperazine rings is 1. The zero-order valence-corrected chi connectivity index (χ0v) is 9.00. The van der Waals surface area contributed by atoms with Gasteiger partial charge in [0.25, 0.3) is 0 Å². The van der Waals surface area contributed by atoms with Crippen LogP contribution >= 0.6 is 0 Å². The molecule has 13 heavy (non-hydrogen) atoms. The van der Waals surface area contributed by atoms with Crippen molar-refractivity contribution < 1.29 is 0 Å². The Hall–Kier alpha value is -0.120. The molecule has 0 spiro atoms. The minimum atomic E-state index is 0.843. The summed E-state index contributed by atoms with van der Waals surface area (Å²) in [5.74, 6) is 6.52. The van der Waals surface area contributed by atoms with E-state index < -0.39 is 0 Å². The number of rotatable bonds is 4. The van der Waals surface area contributed by atoms with Crippen LogP contribution in [-0.2, 0) is 0 Å². The molecule has 2 N–H and O–H groups in total. The maximum absolute atomic E-state index is 5.68. The zero-order valence-electron chi connectivity index (χ0n) is 9.00. The molecule has 0 unspecified atom stereocenters. The van der Waals surface area contributed by atoms with Gasteiger partial charge in [-0.15, -0.1) is 0 Å².